The van der Waals surface area contributed by atoms with Gasteiger partial charge in [0.1, 0.15) is 5.92 Å². The molecule has 1 aliphatic carbocycles. The average Bonchev–Trinajstić information content (AvgIpc) is 3.06. The van der Waals surface area contributed by atoms with E-state index in [0.717, 1.165) is 22.9 Å². The molecule has 0 amide bonds. The third-order valence-corrected chi connectivity index (χ3v) is 4.83. The number of pyridine rings is 1. The van der Waals surface area contributed by atoms with E-state index in [1.807, 2.05) is 19.1 Å². The van der Waals surface area contributed by atoms with Crippen LogP contribution in [0.1, 0.15) is 48.6 Å². The zero-order valence-corrected chi connectivity index (χ0v) is 14.5. The Labute approximate surface area is 144 Å². The fourth-order valence-corrected chi connectivity index (χ4v) is 3.42. The molecular weight excluding hydrogens is 354 g/mol. The molecule has 0 spiro atoms. The summed E-state index contributed by atoms with van der Waals surface area (Å²) in [5.41, 5.74) is 2.29. The van der Waals surface area contributed by atoms with Crippen molar-refractivity contribution in [3.05, 3.63) is 46.0 Å². The minimum atomic E-state index is -0.516. The molecule has 6 heteroatoms. The largest absolute Gasteiger partial charge is 0.351 e. The molecule has 1 fully saturated rings. The van der Waals surface area contributed by atoms with Crippen LogP contribution in [0.5, 0.6) is 0 Å². The Balaban J connectivity index is 1.93. The lowest BCUT2D eigenvalue weighted by atomic mass is 9.99. The molecule has 1 unspecified atom stereocenters. The fourth-order valence-electron chi connectivity index (χ4n) is 2.93. The van der Waals surface area contributed by atoms with Gasteiger partial charge in [-0.05, 0) is 53.4 Å². The van der Waals surface area contributed by atoms with Gasteiger partial charge >= 0.3 is 0 Å². The van der Waals surface area contributed by atoms with Crippen molar-refractivity contribution in [3.8, 4) is 6.07 Å². The summed E-state index contributed by atoms with van der Waals surface area (Å²) < 4.78 is 0.815. The first-order valence-electron chi connectivity index (χ1n) is 7.79. The molecule has 0 radical (unpaired) electrons. The number of hydrogen-bond acceptors (Lipinski definition) is 5. The van der Waals surface area contributed by atoms with Crippen molar-refractivity contribution >= 4 is 21.9 Å². The van der Waals surface area contributed by atoms with Crippen LogP contribution in [0.25, 0.3) is 0 Å². The lowest BCUT2D eigenvalue weighted by molar-refractivity contribution is 0.739. The van der Waals surface area contributed by atoms with Crippen LogP contribution in [0, 0.1) is 18.3 Å². The number of aryl methyl sites for hydroxylation is 1. The van der Waals surface area contributed by atoms with Gasteiger partial charge in [-0.1, -0.05) is 12.8 Å². The quantitative estimate of drug-likeness (QED) is 0.880. The predicted molar refractivity (Wildman–Crippen MR) is 92.0 cm³/mol. The lowest BCUT2D eigenvalue weighted by Gasteiger charge is -2.16. The second-order valence-corrected chi connectivity index (χ2v) is 6.67. The first kappa shape index (κ1) is 15.9. The molecule has 1 aliphatic rings. The zero-order chi connectivity index (χ0) is 16.2. The molecule has 1 saturated carbocycles. The summed E-state index contributed by atoms with van der Waals surface area (Å²) in [7, 11) is 0. The van der Waals surface area contributed by atoms with Crippen LogP contribution in [0.2, 0.25) is 0 Å². The molecule has 5 nitrogen and oxygen atoms in total. The topological polar surface area (TPSA) is 74.5 Å². The minimum Gasteiger partial charge on any atom is -0.351 e. The van der Waals surface area contributed by atoms with Crippen LogP contribution in [-0.4, -0.2) is 21.0 Å². The van der Waals surface area contributed by atoms with E-state index in [1.54, 1.807) is 12.4 Å². The van der Waals surface area contributed by atoms with Crippen LogP contribution < -0.4 is 5.32 Å². The highest BCUT2D eigenvalue weighted by molar-refractivity contribution is 9.10. The van der Waals surface area contributed by atoms with Crippen LogP contribution in [0.3, 0.4) is 0 Å². The van der Waals surface area contributed by atoms with E-state index in [2.05, 4.69) is 42.3 Å². The molecule has 1 N–H and O–H groups in total. The van der Waals surface area contributed by atoms with Gasteiger partial charge in [-0.3, -0.25) is 4.98 Å². The molecule has 23 heavy (non-hydrogen) atoms. The van der Waals surface area contributed by atoms with Crippen LogP contribution in [0.4, 0.5) is 5.95 Å². The Morgan fingerprint density at radius 1 is 1.30 bits per heavy atom. The molecule has 2 heterocycles. The second kappa shape index (κ2) is 7.05. The van der Waals surface area contributed by atoms with Gasteiger partial charge in [0.15, 0.2) is 0 Å². The Bertz CT molecular complexity index is 734. The van der Waals surface area contributed by atoms with E-state index in [-0.39, 0.29) is 0 Å². The highest BCUT2D eigenvalue weighted by atomic mass is 79.9. The number of hydrogen-bond donors (Lipinski definition) is 1. The molecule has 0 bridgehead atoms. The van der Waals surface area contributed by atoms with E-state index >= 15 is 0 Å². The van der Waals surface area contributed by atoms with E-state index in [9.17, 15) is 5.26 Å². The molecule has 2 aromatic rings. The van der Waals surface area contributed by atoms with E-state index in [1.165, 1.54) is 12.8 Å². The van der Waals surface area contributed by atoms with Crippen LogP contribution >= 0.6 is 15.9 Å². The summed E-state index contributed by atoms with van der Waals surface area (Å²) in [5.74, 6) is 0.0857. The molecule has 0 aromatic carbocycles. The molecule has 0 saturated heterocycles. The van der Waals surface area contributed by atoms with Crippen molar-refractivity contribution in [2.24, 2.45) is 0 Å². The normalized spacial score (nSPS) is 16.0. The first-order valence-corrected chi connectivity index (χ1v) is 8.58. The van der Waals surface area contributed by atoms with Crippen molar-refractivity contribution < 1.29 is 0 Å². The Morgan fingerprint density at radius 2 is 2.09 bits per heavy atom. The monoisotopic (exact) mass is 371 g/mol. The Hall–Kier alpha value is -2.00. The summed E-state index contributed by atoms with van der Waals surface area (Å²) in [5, 5.41) is 13.1. The maximum Gasteiger partial charge on any atom is 0.223 e. The van der Waals surface area contributed by atoms with Gasteiger partial charge < -0.3 is 5.32 Å². The molecule has 2 aromatic heterocycles. The molecule has 118 valence electrons. The fraction of sp³-hybridized carbons (Fsp3) is 0.412. The lowest BCUT2D eigenvalue weighted by Crippen LogP contribution is -2.18. The standard InChI is InChI=1S/C17H18BrN5/c1-11-10-21-17(22-12-5-2-3-6-12)23-15(11)13(9-19)16-14(18)7-4-8-20-16/h4,7-8,10,12-13H,2-3,5-6H2,1H3,(H,21,22,23). The molecule has 1 atom stereocenters. The summed E-state index contributed by atoms with van der Waals surface area (Å²) in [6.45, 7) is 1.93. The van der Waals surface area contributed by atoms with Gasteiger partial charge in [0.25, 0.3) is 0 Å². The van der Waals surface area contributed by atoms with E-state index in [4.69, 9.17) is 0 Å². The maximum atomic E-state index is 9.67. The third kappa shape index (κ3) is 3.50. The summed E-state index contributed by atoms with van der Waals surface area (Å²) >= 11 is 3.48. The number of anilines is 1. The highest BCUT2D eigenvalue weighted by Gasteiger charge is 2.23. The zero-order valence-electron chi connectivity index (χ0n) is 13.0. The molecule has 0 aliphatic heterocycles. The number of aromatic nitrogens is 3. The van der Waals surface area contributed by atoms with Crippen molar-refractivity contribution in [1.29, 1.82) is 5.26 Å². The number of nitriles is 1. The Kier molecular flexibility index (Phi) is 4.87. The second-order valence-electron chi connectivity index (χ2n) is 5.82. The van der Waals surface area contributed by atoms with Gasteiger partial charge in [0.2, 0.25) is 5.95 Å². The van der Waals surface area contributed by atoms with Crippen molar-refractivity contribution in [2.75, 3.05) is 5.32 Å². The van der Waals surface area contributed by atoms with E-state index < -0.39 is 5.92 Å². The minimum absolute atomic E-state index is 0.438. The van der Waals surface area contributed by atoms with Gasteiger partial charge in [-0.15, -0.1) is 0 Å². The van der Waals surface area contributed by atoms with Crippen molar-refractivity contribution in [2.45, 2.75) is 44.6 Å². The van der Waals surface area contributed by atoms with E-state index in [0.29, 0.717) is 23.4 Å². The molecular formula is C17H18BrN5. The van der Waals surface area contributed by atoms with Crippen molar-refractivity contribution in [1.82, 2.24) is 15.0 Å². The van der Waals surface area contributed by atoms with Crippen molar-refractivity contribution in [3.63, 3.8) is 0 Å². The maximum absolute atomic E-state index is 9.67. The van der Waals surface area contributed by atoms with Gasteiger partial charge in [0.05, 0.1) is 17.5 Å². The Morgan fingerprint density at radius 3 is 2.78 bits per heavy atom. The average molecular weight is 372 g/mol. The molecule has 3 rings (SSSR count). The van der Waals surface area contributed by atoms with Gasteiger partial charge in [0, 0.05) is 22.9 Å². The number of nitrogens with one attached hydrogen (secondary N) is 1. The van der Waals surface area contributed by atoms with Gasteiger partial charge in [-0.2, -0.15) is 5.26 Å². The first-order chi connectivity index (χ1) is 11.2. The summed E-state index contributed by atoms with van der Waals surface area (Å²) in [4.78, 5) is 13.3. The van der Waals surface area contributed by atoms with Crippen LogP contribution in [0.15, 0.2) is 29.0 Å². The number of rotatable bonds is 4. The predicted octanol–water partition coefficient (Wildman–Crippen LogP) is 3.95. The highest BCUT2D eigenvalue weighted by Crippen LogP contribution is 2.29. The van der Waals surface area contributed by atoms with Gasteiger partial charge in [-0.25, -0.2) is 9.97 Å². The SMILES string of the molecule is Cc1cnc(NC2CCCC2)nc1C(C#N)c1ncccc1Br. The number of halogens is 1. The van der Waals surface area contributed by atoms with Crippen LogP contribution in [-0.2, 0) is 0 Å². The number of nitrogens with zero attached hydrogens (tertiary/aromatic N) is 4. The summed E-state index contributed by atoms with van der Waals surface area (Å²) in [6.07, 6.45) is 8.27. The third-order valence-electron chi connectivity index (χ3n) is 4.16. The smallest absolute Gasteiger partial charge is 0.223 e. The summed E-state index contributed by atoms with van der Waals surface area (Å²) in [6, 6.07) is 6.49.